The number of aliphatic hydroxyl groups is 1. The molecule has 1 rings (SSSR count). The molecule has 5 nitrogen and oxygen atoms in total. The van der Waals surface area contributed by atoms with Crippen LogP contribution in [0.3, 0.4) is 0 Å². The van der Waals surface area contributed by atoms with Gasteiger partial charge in [-0.3, -0.25) is 0 Å². The number of hydrazine groups is 1. The van der Waals surface area contributed by atoms with Gasteiger partial charge in [0.2, 0.25) is 0 Å². The van der Waals surface area contributed by atoms with Gasteiger partial charge in [0.05, 0.1) is 0 Å². The number of nitrogens with zero attached hydrogens (tertiary/aromatic N) is 1. The van der Waals surface area contributed by atoms with Crippen LogP contribution in [-0.2, 0) is 0 Å². The normalized spacial score (nSPS) is 12.2. The molecule has 0 aliphatic carbocycles. The molecule has 1 unspecified atom stereocenters. The van der Waals surface area contributed by atoms with Crippen LogP contribution < -0.4 is 16.6 Å². The van der Waals surface area contributed by atoms with Gasteiger partial charge in [0.1, 0.15) is 11.6 Å². The first kappa shape index (κ1) is 13.7. The van der Waals surface area contributed by atoms with Crippen LogP contribution >= 0.6 is 0 Å². The molecule has 0 spiro atoms. The Kier molecular flexibility index (Phi) is 6.35. The highest BCUT2D eigenvalue weighted by atomic mass is 16.3. The van der Waals surface area contributed by atoms with Crippen molar-refractivity contribution in [2.24, 2.45) is 11.8 Å². The van der Waals surface area contributed by atoms with Crippen molar-refractivity contribution in [1.29, 1.82) is 0 Å². The highest BCUT2D eigenvalue weighted by Crippen LogP contribution is 2.13. The fourth-order valence-corrected chi connectivity index (χ4v) is 1.80. The molecular weight excluding hydrogens is 216 g/mol. The van der Waals surface area contributed by atoms with Crippen LogP contribution in [0, 0.1) is 5.92 Å². The van der Waals surface area contributed by atoms with Gasteiger partial charge in [0.15, 0.2) is 0 Å². The van der Waals surface area contributed by atoms with Gasteiger partial charge in [-0.2, -0.15) is 0 Å². The van der Waals surface area contributed by atoms with E-state index in [0.29, 0.717) is 11.7 Å². The molecule has 1 heterocycles. The van der Waals surface area contributed by atoms with Gasteiger partial charge in [-0.15, -0.1) is 0 Å². The Labute approximate surface area is 102 Å². The van der Waals surface area contributed by atoms with Crippen LogP contribution in [0.4, 0.5) is 11.6 Å². The summed E-state index contributed by atoms with van der Waals surface area (Å²) in [5, 5.41) is 12.2. The zero-order valence-electron chi connectivity index (χ0n) is 10.3. The van der Waals surface area contributed by atoms with Gasteiger partial charge in [0, 0.05) is 13.2 Å². The first-order valence-electron chi connectivity index (χ1n) is 6.08. The molecule has 0 aliphatic rings. The van der Waals surface area contributed by atoms with Crippen molar-refractivity contribution in [2.75, 3.05) is 23.9 Å². The van der Waals surface area contributed by atoms with Crippen molar-refractivity contribution < 1.29 is 5.11 Å². The van der Waals surface area contributed by atoms with E-state index in [-0.39, 0.29) is 6.61 Å². The number of anilines is 2. The number of aliphatic hydroxyl groups excluding tert-OH is 1. The molecule has 0 aromatic carbocycles. The zero-order valence-corrected chi connectivity index (χ0v) is 10.3. The minimum absolute atomic E-state index is 0.240. The molecule has 1 aromatic rings. The van der Waals surface area contributed by atoms with Gasteiger partial charge >= 0.3 is 0 Å². The molecule has 0 radical (unpaired) electrons. The Morgan fingerprint density at radius 3 is 2.76 bits per heavy atom. The van der Waals surface area contributed by atoms with Crippen molar-refractivity contribution in [3.05, 3.63) is 18.2 Å². The highest BCUT2D eigenvalue weighted by Gasteiger charge is 2.07. The number of hydrogen-bond acceptors (Lipinski definition) is 5. The number of nitrogen functional groups attached to an aromatic ring is 1. The predicted octanol–water partition coefficient (Wildman–Crippen LogP) is 1.58. The van der Waals surface area contributed by atoms with E-state index < -0.39 is 0 Å². The number of nitrogens with one attached hydrogen (secondary N) is 2. The van der Waals surface area contributed by atoms with Crippen LogP contribution in [0.1, 0.15) is 26.2 Å². The summed E-state index contributed by atoms with van der Waals surface area (Å²) in [4.78, 5) is 4.27. The van der Waals surface area contributed by atoms with Gasteiger partial charge in [0.25, 0.3) is 0 Å². The van der Waals surface area contributed by atoms with Gasteiger partial charge in [-0.1, -0.05) is 19.4 Å². The third-order valence-electron chi connectivity index (χ3n) is 2.70. The van der Waals surface area contributed by atoms with Gasteiger partial charge in [-0.05, 0) is 30.9 Å². The summed E-state index contributed by atoms with van der Waals surface area (Å²) in [7, 11) is 0. The molecule has 0 amide bonds. The second-order valence-electron chi connectivity index (χ2n) is 4.10. The van der Waals surface area contributed by atoms with E-state index in [2.05, 4.69) is 22.7 Å². The lowest BCUT2D eigenvalue weighted by molar-refractivity contribution is 0.255. The molecule has 1 atom stereocenters. The fraction of sp³-hybridized carbons (Fsp3) is 0.583. The molecule has 0 bridgehead atoms. The summed E-state index contributed by atoms with van der Waals surface area (Å²) in [5.74, 6) is 7.23. The van der Waals surface area contributed by atoms with E-state index >= 15 is 0 Å². The molecule has 0 fully saturated rings. The van der Waals surface area contributed by atoms with E-state index in [9.17, 15) is 0 Å². The second kappa shape index (κ2) is 7.86. The van der Waals surface area contributed by atoms with Crippen LogP contribution in [-0.4, -0.2) is 23.2 Å². The molecule has 0 saturated carbocycles. The monoisotopic (exact) mass is 238 g/mol. The Morgan fingerprint density at radius 2 is 2.12 bits per heavy atom. The summed E-state index contributed by atoms with van der Waals surface area (Å²) in [6.07, 6.45) is 3.07. The lowest BCUT2D eigenvalue weighted by Gasteiger charge is -2.16. The van der Waals surface area contributed by atoms with Crippen LogP contribution in [0.15, 0.2) is 18.2 Å². The summed E-state index contributed by atoms with van der Waals surface area (Å²) in [6, 6.07) is 5.61. The second-order valence-corrected chi connectivity index (χ2v) is 4.10. The maximum absolute atomic E-state index is 8.97. The number of aromatic nitrogens is 1. The molecule has 0 aliphatic heterocycles. The lowest BCUT2D eigenvalue weighted by Crippen LogP contribution is -2.17. The van der Waals surface area contributed by atoms with E-state index in [1.807, 2.05) is 18.2 Å². The Balaban J connectivity index is 2.46. The first-order valence-corrected chi connectivity index (χ1v) is 6.08. The third kappa shape index (κ3) is 5.01. The quantitative estimate of drug-likeness (QED) is 0.408. The van der Waals surface area contributed by atoms with Crippen molar-refractivity contribution >= 4 is 11.6 Å². The summed E-state index contributed by atoms with van der Waals surface area (Å²) in [5.41, 5.74) is 2.51. The highest BCUT2D eigenvalue weighted by molar-refractivity contribution is 5.44. The van der Waals surface area contributed by atoms with Gasteiger partial charge < -0.3 is 15.8 Å². The van der Waals surface area contributed by atoms with Crippen LogP contribution in [0.5, 0.6) is 0 Å². The van der Waals surface area contributed by atoms with E-state index in [1.165, 1.54) is 0 Å². The average molecular weight is 238 g/mol. The lowest BCUT2D eigenvalue weighted by atomic mass is 10.0. The molecular formula is C12H22N4O. The summed E-state index contributed by atoms with van der Waals surface area (Å²) in [6.45, 7) is 3.22. The van der Waals surface area contributed by atoms with E-state index in [4.69, 9.17) is 10.9 Å². The van der Waals surface area contributed by atoms with Gasteiger partial charge in [-0.25, -0.2) is 10.8 Å². The molecule has 0 saturated heterocycles. The number of nitrogens with two attached hydrogens (primary N) is 1. The van der Waals surface area contributed by atoms with Crippen LogP contribution in [0.2, 0.25) is 0 Å². The van der Waals surface area contributed by atoms with Crippen molar-refractivity contribution in [3.63, 3.8) is 0 Å². The smallest absolute Gasteiger partial charge is 0.142 e. The third-order valence-corrected chi connectivity index (χ3v) is 2.70. The van der Waals surface area contributed by atoms with Crippen molar-refractivity contribution in [1.82, 2.24) is 4.98 Å². The zero-order chi connectivity index (χ0) is 12.5. The topological polar surface area (TPSA) is 83.2 Å². The number of pyridine rings is 1. The van der Waals surface area contributed by atoms with E-state index in [1.54, 1.807) is 0 Å². The summed E-state index contributed by atoms with van der Waals surface area (Å²) < 4.78 is 0. The maximum Gasteiger partial charge on any atom is 0.142 e. The first-order chi connectivity index (χ1) is 8.30. The fourth-order valence-electron chi connectivity index (χ4n) is 1.80. The van der Waals surface area contributed by atoms with Crippen molar-refractivity contribution in [2.45, 2.75) is 26.2 Å². The molecule has 17 heavy (non-hydrogen) atoms. The van der Waals surface area contributed by atoms with Crippen LogP contribution in [0.25, 0.3) is 0 Å². The standard InChI is InChI=1S/C12H22N4O/c1-2-4-10(7-8-17)9-14-11-5-3-6-12(15-11)16-13/h3,5-6,10,17H,2,4,7-9,13H2,1H3,(H2,14,15,16). The largest absolute Gasteiger partial charge is 0.396 e. The van der Waals surface area contributed by atoms with Crippen molar-refractivity contribution in [3.8, 4) is 0 Å². The SMILES string of the molecule is CCCC(CCO)CNc1cccc(NN)n1. The molecule has 5 heteroatoms. The summed E-state index contributed by atoms with van der Waals surface area (Å²) >= 11 is 0. The molecule has 96 valence electrons. The Hall–Kier alpha value is -1.33. The Morgan fingerprint density at radius 1 is 1.35 bits per heavy atom. The number of rotatable bonds is 8. The average Bonchev–Trinajstić information content (AvgIpc) is 2.37. The van der Waals surface area contributed by atoms with E-state index in [0.717, 1.165) is 31.6 Å². The Bertz CT molecular complexity index is 313. The predicted molar refractivity (Wildman–Crippen MR) is 70.6 cm³/mol. The molecule has 1 aromatic heterocycles. The minimum atomic E-state index is 0.240. The minimum Gasteiger partial charge on any atom is -0.396 e. The number of hydrogen-bond donors (Lipinski definition) is 4. The maximum atomic E-state index is 8.97. The molecule has 5 N–H and O–H groups in total.